The summed E-state index contributed by atoms with van der Waals surface area (Å²) in [5.74, 6) is -0.220. The van der Waals surface area contributed by atoms with Gasteiger partial charge in [-0.2, -0.15) is 0 Å². The molecule has 0 bridgehead atoms. The molecule has 2 aliphatic heterocycles. The Bertz CT molecular complexity index is 334. The van der Waals surface area contributed by atoms with Crippen LogP contribution in [0.3, 0.4) is 0 Å². The van der Waals surface area contributed by atoms with Gasteiger partial charge in [0.25, 0.3) is 0 Å². The predicted octanol–water partition coefficient (Wildman–Crippen LogP) is 2.07. The smallest absolute Gasteiger partial charge is 0.165 e. The average Bonchev–Trinajstić information content (AvgIpc) is 2.89. The van der Waals surface area contributed by atoms with Gasteiger partial charge in [-0.1, -0.05) is 30.3 Å². The monoisotopic (exact) mass is 339 g/mol. The van der Waals surface area contributed by atoms with Gasteiger partial charge >= 0.3 is 0 Å². The molecule has 0 amide bonds. The average molecular weight is 339 g/mol. The molecule has 0 aromatic heterocycles. The van der Waals surface area contributed by atoms with Crippen LogP contribution in [0.1, 0.15) is 18.4 Å². The van der Waals surface area contributed by atoms with E-state index in [1.54, 1.807) is 0 Å². The third kappa shape index (κ3) is 5.58. The van der Waals surface area contributed by atoms with E-state index in [-0.39, 0.29) is 45.1 Å². The van der Waals surface area contributed by atoms with Crippen LogP contribution in [0.5, 0.6) is 0 Å². The van der Waals surface area contributed by atoms with Crippen molar-refractivity contribution in [2.75, 3.05) is 26.3 Å². The van der Waals surface area contributed by atoms with Crippen LogP contribution in [-0.2, 0) is 48.8 Å². The standard InChI is InChI=1S/C7H12NO2.C7H8O.Y/c1-3-8-4-2-7(1)9-5-6-10-7;8-6-7-4-2-1-3-5-7;/h1-6H2;1-5,8H,6H2;/q-1;;. The minimum atomic E-state index is -0.220. The van der Waals surface area contributed by atoms with E-state index in [2.05, 4.69) is 5.32 Å². The van der Waals surface area contributed by atoms with Gasteiger partial charge in [0.05, 0.1) is 19.8 Å². The molecule has 0 saturated carbocycles. The number of hydrogen-bond acceptors (Lipinski definition) is 3. The van der Waals surface area contributed by atoms with E-state index < -0.39 is 0 Å². The zero-order chi connectivity index (χ0) is 12.7. The number of benzene rings is 1. The Balaban J connectivity index is 0.000000185. The number of hydrogen-bond donors (Lipinski definition) is 1. The molecule has 1 N–H and O–H groups in total. The van der Waals surface area contributed by atoms with Gasteiger partial charge in [0.1, 0.15) is 0 Å². The SMILES string of the molecule is C1CC2(CC[N-]1)OCCO2.OCc1ccccc1.[Y]. The molecule has 2 fully saturated rings. The van der Waals surface area contributed by atoms with Gasteiger partial charge in [-0.05, 0) is 18.4 Å². The molecule has 2 saturated heterocycles. The first kappa shape index (κ1) is 17.2. The summed E-state index contributed by atoms with van der Waals surface area (Å²) in [5, 5.41) is 12.8. The van der Waals surface area contributed by atoms with Crippen molar-refractivity contribution < 1.29 is 47.3 Å². The van der Waals surface area contributed by atoms with Crippen molar-refractivity contribution in [2.24, 2.45) is 0 Å². The molecule has 19 heavy (non-hydrogen) atoms. The Morgan fingerprint density at radius 3 is 2.11 bits per heavy atom. The Labute approximate surface area is 139 Å². The number of aliphatic hydroxyl groups excluding tert-OH is 1. The molecule has 4 nitrogen and oxygen atoms in total. The van der Waals surface area contributed by atoms with Crippen molar-refractivity contribution in [2.45, 2.75) is 25.2 Å². The quantitative estimate of drug-likeness (QED) is 0.852. The maximum Gasteiger partial charge on any atom is 0.165 e. The summed E-state index contributed by atoms with van der Waals surface area (Å²) in [7, 11) is 0. The van der Waals surface area contributed by atoms with Gasteiger partial charge in [0.2, 0.25) is 0 Å². The van der Waals surface area contributed by atoms with Crippen molar-refractivity contribution in [3.63, 3.8) is 0 Å². The summed E-state index contributed by atoms with van der Waals surface area (Å²) in [4.78, 5) is 0. The zero-order valence-corrected chi connectivity index (χ0v) is 14.0. The minimum absolute atomic E-state index is 0. The van der Waals surface area contributed by atoms with Gasteiger partial charge in [0.15, 0.2) is 5.79 Å². The van der Waals surface area contributed by atoms with E-state index in [0.717, 1.165) is 44.7 Å². The molecule has 3 rings (SSSR count). The molecule has 1 aromatic carbocycles. The summed E-state index contributed by atoms with van der Waals surface area (Å²) < 4.78 is 11.0. The second-order valence-electron chi connectivity index (χ2n) is 4.42. The topological polar surface area (TPSA) is 52.8 Å². The second kappa shape index (κ2) is 9.16. The maximum atomic E-state index is 8.54. The molecule has 0 unspecified atom stereocenters. The third-order valence-electron chi connectivity index (χ3n) is 3.14. The third-order valence-corrected chi connectivity index (χ3v) is 3.14. The zero-order valence-electron chi connectivity index (χ0n) is 11.1. The fraction of sp³-hybridized carbons (Fsp3) is 0.571. The number of aliphatic hydroxyl groups is 1. The van der Waals surface area contributed by atoms with Crippen LogP contribution < -0.4 is 0 Å². The van der Waals surface area contributed by atoms with Gasteiger partial charge in [0, 0.05) is 32.7 Å². The van der Waals surface area contributed by atoms with Crippen LogP contribution in [0.4, 0.5) is 0 Å². The van der Waals surface area contributed by atoms with E-state index >= 15 is 0 Å². The molecule has 5 heteroatoms. The fourth-order valence-corrected chi connectivity index (χ4v) is 2.10. The maximum absolute atomic E-state index is 8.54. The Morgan fingerprint density at radius 2 is 1.63 bits per heavy atom. The second-order valence-corrected chi connectivity index (χ2v) is 4.42. The molecule has 0 atom stereocenters. The number of ether oxygens (including phenoxy) is 2. The summed E-state index contributed by atoms with van der Waals surface area (Å²) in [6.07, 6.45) is 1.90. The van der Waals surface area contributed by atoms with E-state index in [1.807, 2.05) is 30.3 Å². The van der Waals surface area contributed by atoms with E-state index in [0.29, 0.717) is 0 Å². The van der Waals surface area contributed by atoms with Gasteiger partial charge < -0.3 is 19.9 Å². The Kier molecular flexibility index (Phi) is 8.30. The summed E-state index contributed by atoms with van der Waals surface area (Å²) >= 11 is 0. The number of nitrogens with zero attached hydrogens (tertiary/aromatic N) is 1. The molecule has 2 aliphatic rings. The number of rotatable bonds is 1. The fourth-order valence-electron chi connectivity index (χ4n) is 2.10. The van der Waals surface area contributed by atoms with Crippen molar-refractivity contribution in [3.8, 4) is 0 Å². The van der Waals surface area contributed by atoms with Crippen LogP contribution in [0.2, 0.25) is 0 Å². The predicted molar refractivity (Wildman–Crippen MR) is 69.3 cm³/mol. The van der Waals surface area contributed by atoms with Crippen LogP contribution in [-0.4, -0.2) is 37.2 Å². The molecular formula is C14H20NO3Y-. The minimum Gasteiger partial charge on any atom is -0.662 e. The van der Waals surface area contributed by atoms with Crippen LogP contribution >= 0.6 is 0 Å². The first-order valence-corrected chi connectivity index (χ1v) is 6.41. The van der Waals surface area contributed by atoms with Crippen molar-refractivity contribution >= 4 is 0 Å². The van der Waals surface area contributed by atoms with Crippen LogP contribution in [0, 0.1) is 0 Å². The van der Waals surface area contributed by atoms with Crippen molar-refractivity contribution in [1.82, 2.24) is 0 Å². The molecule has 103 valence electrons. The Morgan fingerprint density at radius 1 is 1.05 bits per heavy atom. The van der Waals surface area contributed by atoms with E-state index in [1.165, 1.54) is 0 Å². The van der Waals surface area contributed by atoms with Gasteiger partial charge in [-0.3, -0.25) is 0 Å². The van der Waals surface area contributed by atoms with Gasteiger partial charge in [-0.15, -0.1) is 13.1 Å². The molecule has 1 aromatic rings. The molecule has 0 aliphatic carbocycles. The molecule has 1 radical (unpaired) electrons. The van der Waals surface area contributed by atoms with Crippen LogP contribution in [0.15, 0.2) is 30.3 Å². The van der Waals surface area contributed by atoms with E-state index in [9.17, 15) is 0 Å². The van der Waals surface area contributed by atoms with Gasteiger partial charge in [-0.25, -0.2) is 0 Å². The number of piperidine rings is 1. The first-order valence-electron chi connectivity index (χ1n) is 6.41. The molecule has 2 heterocycles. The first-order chi connectivity index (χ1) is 8.85. The summed E-state index contributed by atoms with van der Waals surface area (Å²) in [6, 6.07) is 9.52. The summed E-state index contributed by atoms with van der Waals surface area (Å²) in [5.41, 5.74) is 0.965. The normalized spacial score (nSPS) is 20.3. The van der Waals surface area contributed by atoms with E-state index in [4.69, 9.17) is 14.6 Å². The van der Waals surface area contributed by atoms with Crippen molar-refractivity contribution in [3.05, 3.63) is 41.2 Å². The van der Waals surface area contributed by atoms with Crippen LogP contribution in [0.25, 0.3) is 5.32 Å². The summed E-state index contributed by atoms with van der Waals surface area (Å²) in [6.45, 7) is 3.47. The Hall–Kier alpha value is 0.164. The molecule has 1 spiro atoms. The largest absolute Gasteiger partial charge is 0.662 e. The molecular weight excluding hydrogens is 319 g/mol. The van der Waals surface area contributed by atoms with Crippen molar-refractivity contribution in [1.29, 1.82) is 0 Å².